The molecule has 2 aromatic rings. The fourth-order valence-electron chi connectivity index (χ4n) is 2.37. The number of nitrogens with zero attached hydrogens (tertiary/aromatic N) is 2. The molecule has 5 heteroatoms. The van der Waals surface area contributed by atoms with Gasteiger partial charge in [-0.2, -0.15) is 0 Å². The molecule has 0 unspecified atom stereocenters. The summed E-state index contributed by atoms with van der Waals surface area (Å²) in [5, 5.41) is 0.974. The Morgan fingerprint density at radius 2 is 2.00 bits per heavy atom. The largest absolute Gasteiger partial charge is 0.397 e. The molecule has 0 aliphatic carbocycles. The van der Waals surface area contributed by atoms with E-state index in [1.807, 2.05) is 43.3 Å². The molecule has 0 atom stereocenters. The number of hydrogen-bond acceptors (Lipinski definition) is 3. The zero-order chi connectivity index (χ0) is 15.4. The Balaban J connectivity index is 2.23. The van der Waals surface area contributed by atoms with Crippen molar-refractivity contribution in [3.05, 3.63) is 30.0 Å². The van der Waals surface area contributed by atoms with Crippen LogP contribution in [-0.2, 0) is 0 Å². The molecule has 0 aliphatic heterocycles. The topological polar surface area (TPSA) is 65.4 Å². The first-order valence-corrected chi connectivity index (χ1v) is 7.34. The van der Waals surface area contributed by atoms with Crippen LogP contribution < -0.4 is 5.73 Å². The number of hydrogen-bond donors (Lipinski definition) is 2. The summed E-state index contributed by atoms with van der Waals surface area (Å²) in [6, 6.07) is 7.58. The van der Waals surface area contributed by atoms with E-state index in [2.05, 4.69) is 16.8 Å². The summed E-state index contributed by atoms with van der Waals surface area (Å²) in [6.07, 6.45) is 0.946. The lowest BCUT2D eigenvalue weighted by atomic mass is 10.2. The molecule has 1 amide bonds. The number of para-hydroxylation sites is 1. The third-order valence-electron chi connectivity index (χ3n) is 3.52. The second-order valence-electron chi connectivity index (χ2n) is 5.59. The molecule has 0 bridgehead atoms. The van der Waals surface area contributed by atoms with Gasteiger partial charge >= 0.3 is 0 Å². The first-order valence-electron chi connectivity index (χ1n) is 7.34. The summed E-state index contributed by atoms with van der Waals surface area (Å²) in [5.74, 6) is 0.0364. The van der Waals surface area contributed by atoms with E-state index in [1.165, 1.54) is 0 Å². The Hall–Kier alpha value is -2.01. The number of rotatable bonds is 6. The lowest BCUT2D eigenvalue weighted by molar-refractivity contribution is 0.0740. The Morgan fingerprint density at radius 3 is 2.62 bits per heavy atom. The standard InChI is InChI=1S/C16H24N4O/c1-4-8-20(10-9-19(2)3)16(21)14-11-12-6-5-7-13(17)15(12)18-14/h5-7,11,18H,4,8-10,17H2,1-3H3. The summed E-state index contributed by atoms with van der Waals surface area (Å²) in [6.45, 7) is 4.43. The maximum absolute atomic E-state index is 12.7. The normalized spacial score (nSPS) is 11.2. The van der Waals surface area contributed by atoms with Crippen molar-refractivity contribution in [1.29, 1.82) is 0 Å². The van der Waals surface area contributed by atoms with Crippen molar-refractivity contribution in [3.8, 4) is 0 Å². The van der Waals surface area contributed by atoms with E-state index in [0.29, 0.717) is 11.4 Å². The van der Waals surface area contributed by atoms with Gasteiger partial charge in [0, 0.05) is 25.0 Å². The SMILES string of the molecule is CCCN(CCN(C)C)C(=O)c1cc2cccc(N)c2[nH]1. The van der Waals surface area contributed by atoms with Gasteiger partial charge < -0.3 is 20.5 Å². The van der Waals surface area contributed by atoms with E-state index in [9.17, 15) is 4.79 Å². The molecule has 0 spiro atoms. The van der Waals surface area contributed by atoms with Crippen molar-refractivity contribution in [2.75, 3.05) is 39.5 Å². The lowest BCUT2D eigenvalue weighted by Crippen LogP contribution is -2.37. The van der Waals surface area contributed by atoms with Crippen molar-refractivity contribution in [1.82, 2.24) is 14.8 Å². The van der Waals surface area contributed by atoms with Crippen LogP contribution in [0.15, 0.2) is 24.3 Å². The number of aromatic nitrogens is 1. The molecule has 3 N–H and O–H groups in total. The Morgan fingerprint density at radius 1 is 1.24 bits per heavy atom. The molecule has 1 heterocycles. The second kappa shape index (κ2) is 6.63. The number of fused-ring (bicyclic) bond motifs is 1. The van der Waals surface area contributed by atoms with Crippen LogP contribution in [0.3, 0.4) is 0 Å². The highest BCUT2D eigenvalue weighted by Gasteiger charge is 2.17. The van der Waals surface area contributed by atoms with Crippen molar-refractivity contribution < 1.29 is 4.79 Å². The maximum Gasteiger partial charge on any atom is 0.270 e. The van der Waals surface area contributed by atoms with Crippen LogP contribution in [-0.4, -0.2) is 54.4 Å². The van der Waals surface area contributed by atoms with E-state index in [1.54, 1.807) is 0 Å². The lowest BCUT2D eigenvalue weighted by Gasteiger charge is -2.23. The van der Waals surface area contributed by atoms with Gasteiger partial charge in [-0.05, 0) is 32.6 Å². The number of amides is 1. The Kier molecular flexibility index (Phi) is 4.85. The summed E-state index contributed by atoms with van der Waals surface area (Å²) in [5.41, 5.74) is 8.05. The van der Waals surface area contributed by atoms with Crippen LogP contribution in [0.25, 0.3) is 10.9 Å². The minimum atomic E-state index is 0.0364. The summed E-state index contributed by atoms with van der Waals surface area (Å²) < 4.78 is 0. The van der Waals surface area contributed by atoms with Crippen molar-refractivity contribution in [2.24, 2.45) is 0 Å². The van der Waals surface area contributed by atoms with Gasteiger partial charge in [0.05, 0.1) is 11.2 Å². The fraction of sp³-hybridized carbons (Fsp3) is 0.438. The zero-order valence-corrected chi connectivity index (χ0v) is 13.0. The molecule has 0 saturated heterocycles. The first kappa shape index (κ1) is 15.4. The minimum absolute atomic E-state index is 0.0364. The molecule has 0 radical (unpaired) electrons. The first-order chi connectivity index (χ1) is 10.0. The minimum Gasteiger partial charge on any atom is -0.397 e. The smallest absolute Gasteiger partial charge is 0.270 e. The molecule has 5 nitrogen and oxygen atoms in total. The summed E-state index contributed by atoms with van der Waals surface area (Å²) in [7, 11) is 4.02. The monoisotopic (exact) mass is 288 g/mol. The van der Waals surface area contributed by atoms with E-state index in [0.717, 1.165) is 37.0 Å². The Bertz CT molecular complexity index is 618. The average molecular weight is 288 g/mol. The van der Waals surface area contributed by atoms with E-state index in [4.69, 9.17) is 5.73 Å². The zero-order valence-electron chi connectivity index (χ0n) is 13.0. The van der Waals surface area contributed by atoms with Crippen LogP contribution in [0.2, 0.25) is 0 Å². The predicted octanol–water partition coefficient (Wildman–Crippen LogP) is 2.16. The average Bonchev–Trinajstić information content (AvgIpc) is 2.88. The number of likely N-dealkylation sites (N-methyl/N-ethyl adjacent to an activating group) is 1. The summed E-state index contributed by atoms with van der Waals surface area (Å²) in [4.78, 5) is 19.8. The number of benzene rings is 1. The molecule has 1 aromatic carbocycles. The molecule has 21 heavy (non-hydrogen) atoms. The van der Waals surface area contributed by atoms with Crippen LogP contribution in [0.5, 0.6) is 0 Å². The van der Waals surface area contributed by atoms with Crippen LogP contribution in [0.4, 0.5) is 5.69 Å². The van der Waals surface area contributed by atoms with Gasteiger partial charge in [0.25, 0.3) is 5.91 Å². The number of nitrogen functional groups attached to an aromatic ring is 1. The van der Waals surface area contributed by atoms with Crippen molar-refractivity contribution >= 4 is 22.5 Å². The predicted molar refractivity (Wildman–Crippen MR) is 87.5 cm³/mol. The fourth-order valence-corrected chi connectivity index (χ4v) is 2.37. The highest BCUT2D eigenvalue weighted by molar-refractivity contribution is 6.00. The number of H-pyrrole nitrogens is 1. The second-order valence-corrected chi connectivity index (χ2v) is 5.59. The van der Waals surface area contributed by atoms with Crippen LogP contribution in [0.1, 0.15) is 23.8 Å². The van der Waals surface area contributed by atoms with Gasteiger partial charge in [0.15, 0.2) is 0 Å². The Labute approximate surface area is 125 Å². The van der Waals surface area contributed by atoms with Crippen molar-refractivity contribution in [2.45, 2.75) is 13.3 Å². The molecular formula is C16H24N4O. The maximum atomic E-state index is 12.7. The van der Waals surface area contributed by atoms with Gasteiger partial charge in [-0.1, -0.05) is 19.1 Å². The number of anilines is 1. The van der Waals surface area contributed by atoms with Gasteiger partial charge in [0.2, 0.25) is 0 Å². The van der Waals surface area contributed by atoms with E-state index in [-0.39, 0.29) is 5.91 Å². The molecule has 114 valence electrons. The van der Waals surface area contributed by atoms with Crippen LogP contribution >= 0.6 is 0 Å². The molecule has 1 aromatic heterocycles. The van der Waals surface area contributed by atoms with Gasteiger partial charge in [-0.3, -0.25) is 4.79 Å². The highest BCUT2D eigenvalue weighted by Crippen LogP contribution is 2.21. The molecule has 0 saturated carbocycles. The van der Waals surface area contributed by atoms with Crippen LogP contribution in [0, 0.1) is 0 Å². The van der Waals surface area contributed by atoms with Gasteiger partial charge in [0.1, 0.15) is 5.69 Å². The number of nitrogens with one attached hydrogen (secondary N) is 1. The number of aromatic amines is 1. The third-order valence-corrected chi connectivity index (χ3v) is 3.52. The van der Waals surface area contributed by atoms with Gasteiger partial charge in [-0.25, -0.2) is 0 Å². The quantitative estimate of drug-likeness (QED) is 0.801. The number of nitrogens with two attached hydrogens (primary N) is 1. The van der Waals surface area contributed by atoms with E-state index < -0.39 is 0 Å². The third kappa shape index (κ3) is 3.55. The van der Waals surface area contributed by atoms with Crippen molar-refractivity contribution in [3.63, 3.8) is 0 Å². The van der Waals surface area contributed by atoms with Gasteiger partial charge in [-0.15, -0.1) is 0 Å². The molecule has 2 rings (SSSR count). The molecular weight excluding hydrogens is 264 g/mol. The summed E-state index contributed by atoms with van der Waals surface area (Å²) >= 11 is 0. The van der Waals surface area contributed by atoms with E-state index >= 15 is 0 Å². The number of carbonyl (C=O) groups is 1. The molecule has 0 aliphatic rings. The highest BCUT2D eigenvalue weighted by atomic mass is 16.2. The molecule has 0 fully saturated rings. The number of carbonyl (C=O) groups excluding carboxylic acids is 1.